The van der Waals surface area contributed by atoms with Crippen molar-refractivity contribution in [2.24, 2.45) is 0 Å². The van der Waals surface area contributed by atoms with Crippen molar-refractivity contribution >= 4 is 64.3 Å². The summed E-state index contributed by atoms with van der Waals surface area (Å²) in [4.78, 5) is 76.7. The van der Waals surface area contributed by atoms with E-state index in [1.165, 1.54) is 60.7 Å². The Hall–Kier alpha value is -9.05. The molecule has 0 aliphatic rings. The zero-order valence-electron chi connectivity index (χ0n) is 33.5. The number of ether oxygens (including phenoxy) is 2. The molecule has 10 N–H and O–H groups in total. The number of methoxy groups -OCH3 is 2. The molecule has 0 spiro atoms. The second-order valence-corrected chi connectivity index (χ2v) is 13.4. The van der Waals surface area contributed by atoms with Gasteiger partial charge in [-0.25, -0.2) is 4.79 Å². The van der Waals surface area contributed by atoms with Gasteiger partial charge in [-0.05, 0) is 97.4 Å². The Morgan fingerprint density at radius 2 is 1.22 bits per heavy atom. The highest BCUT2D eigenvalue weighted by Crippen LogP contribution is 2.41. The molecule has 322 valence electrons. The zero-order valence-corrected chi connectivity index (χ0v) is 33.5. The maximum absolute atomic E-state index is 13.2. The van der Waals surface area contributed by atoms with Gasteiger partial charge < -0.3 is 61.6 Å². The number of phenols is 4. The first-order valence-corrected chi connectivity index (χ1v) is 18.4. The van der Waals surface area contributed by atoms with Gasteiger partial charge in [-0.15, -0.1) is 0 Å². The monoisotopic (exact) mass is 858 g/mol. The fraction of sp³-hybridized carbons (Fsp3) is 0.114. The van der Waals surface area contributed by atoms with E-state index in [0.29, 0.717) is 16.8 Å². The number of nitrogens with zero attached hydrogens (tertiary/aromatic N) is 1. The predicted molar refractivity (Wildman–Crippen MR) is 227 cm³/mol. The van der Waals surface area contributed by atoms with E-state index in [1.54, 1.807) is 25.1 Å². The molecule has 0 saturated carbocycles. The molecule has 0 heterocycles. The third-order valence-electron chi connectivity index (χ3n) is 9.12. The van der Waals surface area contributed by atoms with Crippen molar-refractivity contribution < 1.29 is 63.8 Å². The predicted octanol–water partition coefficient (Wildman–Crippen LogP) is 5.42. The minimum Gasteiger partial charge on any atom is -0.508 e. The SMILES string of the molecule is COc1c(NC(=O)c2ccc(NC(=O)c3ccc(NC(=O)[C@H](CC#N)NC(=O)c4ccc(NC(=O)/C(C)=C/c5ccc(O)cc5)cc4)c(O)c3)c(OC)c2O)ccc(C(=O)O)c1O. The highest BCUT2D eigenvalue weighted by Gasteiger charge is 2.25. The fourth-order valence-corrected chi connectivity index (χ4v) is 5.85. The smallest absolute Gasteiger partial charge is 0.339 e. The summed E-state index contributed by atoms with van der Waals surface area (Å²) in [7, 11) is 2.30. The van der Waals surface area contributed by atoms with Crippen LogP contribution in [-0.4, -0.2) is 81.3 Å². The number of anilines is 4. The number of aromatic carboxylic acids is 1. The second-order valence-electron chi connectivity index (χ2n) is 13.4. The highest BCUT2D eigenvalue weighted by atomic mass is 16.5. The van der Waals surface area contributed by atoms with E-state index in [2.05, 4.69) is 26.6 Å². The number of aromatic hydroxyl groups is 4. The molecule has 0 aliphatic heterocycles. The lowest BCUT2D eigenvalue weighted by molar-refractivity contribution is -0.118. The summed E-state index contributed by atoms with van der Waals surface area (Å²) < 4.78 is 10.3. The molecule has 5 amide bonds. The van der Waals surface area contributed by atoms with Gasteiger partial charge in [-0.1, -0.05) is 12.1 Å². The molecule has 5 aromatic carbocycles. The van der Waals surface area contributed by atoms with Gasteiger partial charge in [0.2, 0.25) is 5.91 Å². The van der Waals surface area contributed by atoms with Gasteiger partial charge in [-0.3, -0.25) is 24.0 Å². The van der Waals surface area contributed by atoms with Gasteiger partial charge in [0.1, 0.15) is 23.1 Å². The zero-order chi connectivity index (χ0) is 46.0. The van der Waals surface area contributed by atoms with Crippen LogP contribution in [0.4, 0.5) is 22.7 Å². The van der Waals surface area contributed by atoms with Crippen LogP contribution >= 0.6 is 0 Å². The molecular weight excluding hydrogens is 821 g/mol. The molecule has 19 nitrogen and oxygen atoms in total. The molecule has 5 rings (SSSR count). The molecule has 63 heavy (non-hydrogen) atoms. The van der Waals surface area contributed by atoms with Crippen LogP contribution in [0.2, 0.25) is 0 Å². The number of benzene rings is 5. The Balaban J connectivity index is 1.21. The Bertz CT molecular complexity index is 2690. The lowest BCUT2D eigenvalue weighted by Crippen LogP contribution is -2.43. The maximum atomic E-state index is 13.2. The normalized spacial score (nSPS) is 11.2. The number of phenolic OH excluding ortho intramolecular Hbond substituents is 3. The van der Waals surface area contributed by atoms with E-state index < -0.39 is 70.8 Å². The molecule has 5 aromatic rings. The molecule has 0 radical (unpaired) electrons. The van der Waals surface area contributed by atoms with Gasteiger partial charge in [0, 0.05) is 22.4 Å². The first kappa shape index (κ1) is 45.0. The van der Waals surface area contributed by atoms with Crippen molar-refractivity contribution in [1.82, 2.24) is 5.32 Å². The Kier molecular flexibility index (Phi) is 14.2. The Morgan fingerprint density at radius 3 is 1.79 bits per heavy atom. The second kappa shape index (κ2) is 19.8. The molecule has 19 heteroatoms. The number of carbonyl (C=O) groups is 6. The third-order valence-corrected chi connectivity index (χ3v) is 9.12. The average Bonchev–Trinajstić information content (AvgIpc) is 3.25. The third kappa shape index (κ3) is 10.8. The number of amides is 5. The number of hydrogen-bond donors (Lipinski definition) is 10. The average molecular weight is 859 g/mol. The van der Waals surface area contributed by atoms with E-state index in [1.807, 2.05) is 6.07 Å². The molecule has 0 aromatic heterocycles. The van der Waals surface area contributed by atoms with E-state index in [9.17, 15) is 59.6 Å². The minimum absolute atomic E-state index is 0.0898. The standard InChI is InChI=1S/C44H38N6O13/c1-22(20-23-4-11-27(51)12-5-23)39(55)46-26-9-6-24(7-10-26)40(56)50-33(18-19-45)43(59)47-30-15-8-25(21-34(30)52)41(57)48-31-16-13-28(35(53)37(31)62-2)42(58)49-32-17-14-29(44(60)61)36(54)38(32)63-3/h4-17,20-21,33,51-54H,18H2,1-3H3,(H,46,55)(H,47,59)(H,48,57)(H,49,58)(H,50,56)(H,60,61)/b22-20+/t33-/m0/s1. The Labute approximate surface area is 357 Å². The highest BCUT2D eigenvalue weighted by molar-refractivity contribution is 6.11. The molecule has 0 bridgehead atoms. The van der Waals surface area contributed by atoms with Crippen molar-refractivity contribution in [2.45, 2.75) is 19.4 Å². The molecule has 0 aliphatic carbocycles. The van der Waals surface area contributed by atoms with Gasteiger partial charge in [0.05, 0.1) is 49.3 Å². The summed E-state index contributed by atoms with van der Waals surface area (Å²) in [6.45, 7) is 1.61. The van der Waals surface area contributed by atoms with Crippen LogP contribution in [0.1, 0.15) is 60.3 Å². The number of nitrogens with one attached hydrogen (secondary N) is 5. The van der Waals surface area contributed by atoms with Crippen LogP contribution in [0, 0.1) is 11.3 Å². The fourth-order valence-electron chi connectivity index (χ4n) is 5.85. The number of carboxylic acid groups (broad SMARTS) is 1. The van der Waals surface area contributed by atoms with Crippen molar-refractivity contribution in [2.75, 3.05) is 35.5 Å². The van der Waals surface area contributed by atoms with Gasteiger partial charge >= 0.3 is 5.97 Å². The van der Waals surface area contributed by atoms with Crippen molar-refractivity contribution in [3.63, 3.8) is 0 Å². The van der Waals surface area contributed by atoms with Crippen LogP contribution < -0.4 is 36.1 Å². The van der Waals surface area contributed by atoms with Crippen LogP contribution in [0.15, 0.2) is 96.6 Å². The number of carboxylic acids is 1. The first-order valence-electron chi connectivity index (χ1n) is 18.4. The maximum Gasteiger partial charge on any atom is 0.339 e. The summed E-state index contributed by atoms with van der Waals surface area (Å²) in [5, 5.41) is 72.5. The molecule has 0 fully saturated rings. The number of hydrogen-bond acceptors (Lipinski definition) is 13. The molecule has 0 saturated heterocycles. The minimum atomic E-state index is -1.44. The van der Waals surface area contributed by atoms with Crippen molar-refractivity contribution in [1.29, 1.82) is 5.26 Å². The van der Waals surface area contributed by atoms with Crippen LogP contribution in [0.3, 0.4) is 0 Å². The summed E-state index contributed by atoms with van der Waals surface area (Å²) in [6, 6.07) is 20.5. The quantitative estimate of drug-likeness (QED) is 0.0464. The Morgan fingerprint density at radius 1 is 0.667 bits per heavy atom. The summed E-state index contributed by atoms with van der Waals surface area (Å²) in [5.74, 6) is -7.78. The van der Waals surface area contributed by atoms with Gasteiger partial charge in [0.25, 0.3) is 23.6 Å². The van der Waals surface area contributed by atoms with E-state index in [0.717, 1.165) is 32.4 Å². The lowest BCUT2D eigenvalue weighted by atomic mass is 10.1. The lowest BCUT2D eigenvalue weighted by Gasteiger charge is -2.17. The largest absolute Gasteiger partial charge is 0.508 e. The van der Waals surface area contributed by atoms with E-state index in [4.69, 9.17) is 9.47 Å². The number of nitriles is 1. The first-order chi connectivity index (χ1) is 30.0. The van der Waals surface area contributed by atoms with E-state index >= 15 is 0 Å². The van der Waals surface area contributed by atoms with Crippen LogP contribution in [0.25, 0.3) is 6.08 Å². The molecule has 0 unspecified atom stereocenters. The summed E-state index contributed by atoms with van der Waals surface area (Å²) in [5.41, 5.74) is 0.215. The topological polar surface area (TPSA) is 306 Å². The van der Waals surface area contributed by atoms with Gasteiger partial charge in [-0.2, -0.15) is 5.26 Å². The summed E-state index contributed by atoms with van der Waals surface area (Å²) >= 11 is 0. The summed E-state index contributed by atoms with van der Waals surface area (Å²) in [6.07, 6.45) is 1.18. The van der Waals surface area contributed by atoms with Crippen molar-refractivity contribution in [3.8, 4) is 40.6 Å². The molecular formula is C44H38N6O13. The van der Waals surface area contributed by atoms with Crippen molar-refractivity contribution in [3.05, 3.63) is 124 Å². The van der Waals surface area contributed by atoms with Crippen LogP contribution in [0.5, 0.6) is 34.5 Å². The van der Waals surface area contributed by atoms with Gasteiger partial charge in [0.15, 0.2) is 23.0 Å². The number of carbonyl (C=O) groups excluding carboxylic acids is 5. The van der Waals surface area contributed by atoms with E-state index in [-0.39, 0.29) is 51.0 Å². The number of rotatable bonds is 15. The van der Waals surface area contributed by atoms with Crippen LogP contribution in [-0.2, 0) is 9.59 Å². The molecule has 1 atom stereocenters.